The molecule has 0 atom stereocenters. The van der Waals surface area contributed by atoms with Gasteiger partial charge in [-0.2, -0.15) is 5.26 Å². The highest BCUT2D eigenvalue weighted by atomic mass is 15.0. The van der Waals surface area contributed by atoms with Crippen LogP contribution in [0.5, 0.6) is 0 Å². The van der Waals surface area contributed by atoms with E-state index in [0.717, 1.165) is 24.5 Å². The molecule has 0 saturated carbocycles. The average molecular weight is 238 g/mol. The number of hydrogen-bond acceptors (Lipinski definition) is 4. The Hall–Kier alpha value is -2.41. The summed E-state index contributed by atoms with van der Waals surface area (Å²) in [6.45, 7) is 2.67. The summed E-state index contributed by atoms with van der Waals surface area (Å²) in [7, 11) is 0. The van der Waals surface area contributed by atoms with Gasteiger partial charge in [-0.05, 0) is 43.2 Å². The van der Waals surface area contributed by atoms with Crippen LogP contribution in [0.1, 0.15) is 16.8 Å². The van der Waals surface area contributed by atoms with Gasteiger partial charge in [-0.15, -0.1) is 0 Å². The van der Waals surface area contributed by atoms with Crippen molar-refractivity contribution in [3.63, 3.8) is 0 Å². The summed E-state index contributed by atoms with van der Waals surface area (Å²) < 4.78 is 0. The van der Waals surface area contributed by atoms with Crippen LogP contribution in [-0.4, -0.2) is 16.5 Å². The zero-order chi connectivity index (χ0) is 12.8. The molecule has 2 rings (SSSR count). The normalized spacial score (nSPS) is 9.78. The number of nitrogens with zero attached hydrogens (tertiary/aromatic N) is 3. The number of nitrogens with one attached hydrogen (secondary N) is 1. The maximum Gasteiger partial charge on any atom is 0.127 e. The Kier molecular flexibility index (Phi) is 3.87. The number of anilines is 1. The Morgan fingerprint density at radius 1 is 1.28 bits per heavy atom. The third-order valence-electron chi connectivity index (χ3n) is 2.55. The first-order valence-electron chi connectivity index (χ1n) is 5.79. The molecule has 18 heavy (non-hydrogen) atoms. The Labute approximate surface area is 106 Å². The van der Waals surface area contributed by atoms with Crippen LogP contribution in [0.25, 0.3) is 0 Å². The monoisotopic (exact) mass is 238 g/mol. The van der Waals surface area contributed by atoms with Gasteiger partial charge in [0.05, 0.1) is 11.6 Å². The Morgan fingerprint density at radius 3 is 2.78 bits per heavy atom. The molecule has 0 amide bonds. The molecule has 0 bridgehead atoms. The van der Waals surface area contributed by atoms with Crippen molar-refractivity contribution < 1.29 is 0 Å². The van der Waals surface area contributed by atoms with E-state index in [2.05, 4.69) is 21.4 Å². The molecule has 0 aliphatic rings. The van der Waals surface area contributed by atoms with Crippen molar-refractivity contribution >= 4 is 5.82 Å². The van der Waals surface area contributed by atoms with Gasteiger partial charge in [0.15, 0.2) is 0 Å². The summed E-state index contributed by atoms with van der Waals surface area (Å²) >= 11 is 0. The van der Waals surface area contributed by atoms with Gasteiger partial charge in [0.25, 0.3) is 0 Å². The molecule has 2 aromatic heterocycles. The maximum atomic E-state index is 8.88. The van der Waals surface area contributed by atoms with Crippen molar-refractivity contribution in [1.82, 2.24) is 9.97 Å². The topological polar surface area (TPSA) is 61.6 Å². The molecule has 90 valence electrons. The van der Waals surface area contributed by atoms with E-state index < -0.39 is 0 Å². The third kappa shape index (κ3) is 3.29. The van der Waals surface area contributed by atoms with Gasteiger partial charge >= 0.3 is 0 Å². The smallest absolute Gasteiger partial charge is 0.127 e. The summed E-state index contributed by atoms with van der Waals surface area (Å²) in [5.41, 5.74) is 2.71. The highest BCUT2D eigenvalue weighted by Crippen LogP contribution is 2.09. The van der Waals surface area contributed by atoms with E-state index in [1.165, 1.54) is 5.56 Å². The second-order valence-corrected chi connectivity index (χ2v) is 4.03. The minimum atomic E-state index is 0.633. The molecule has 0 radical (unpaired) electrons. The quantitative estimate of drug-likeness (QED) is 0.887. The first-order chi connectivity index (χ1) is 8.78. The lowest BCUT2D eigenvalue weighted by Gasteiger charge is -2.06. The van der Waals surface area contributed by atoms with Crippen LogP contribution in [0.2, 0.25) is 0 Å². The van der Waals surface area contributed by atoms with Crippen LogP contribution in [0.4, 0.5) is 5.82 Å². The van der Waals surface area contributed by atoms with Gasteiger partial charge in [0, 0.05) is 24.6 Å². The molecule has 2 aromatic rings. The fourth-order valence-corrected chi connectivity index (χ4v) is 1.71. The number of pyridine rings is 2. The first kappa shape index (κ1) is 12.1. The lowest BCUT2D eigenvalue weighted by molar-refractivity contribution is 0.995. The van der Waals surface area contributed by atoms with Gasteiger partial charge in [-0.25, -0.2) is 4.98 Å². The highest BCUT2D eigenvalue weighted by molar-refractivity contribution is 5.44. The number of rotatable bonds is 4. The molecule has 4 nitrogen and oxygen atoms in total. The fourth-order valence-electron chi connectivity index (χ4n) is 1.71. The zero-order valence-electron chi connectivity index (χ0n) is 10.2. The number of nitriles is 1. The summed E-state index contributed by atoms with van der Waals surface area (Å²) in [4.78, 5) is 8.32. The number of hydrogen-bond donors (Lipinski definition) is 1. The SMILES string of the molecule is Cc1cc(C#N)cc(NCCc2ccncc2)n1. The molecule has 0 aliphatic heterocycles. The summed E-state index contributed by atoms with van der Waals surface area (Å²) in [5, 5.41) is 12.1. The zero-order valence-corrected chi connectivity index (χ0v) is 10.2. The largest absolute Gasteiger partial charge is 0.370 e. The van der Waals surface area contributed by atoms with Crippen LogP contribution in [0, 0.1) is 18.3 Å². The van der Waals surface area contributed by atoms with Crippen molar-refractivity contribution in [3.05, 3.63) is 53.5 Å². The van der Waals surface area contributed by atoms with Gasteiger partial charge in [-0.1, -0.05) is 0 Å². The second-order valence-electron chi connectivity index (χ2n) is 4.03. The standard InChI is InChI=1S/C14H14N4/c1-11-8-13(10-15)9-14(18-11)17-7-4-12-2-5-16-6-3-12/h2-3,5-6,8-9H,4,7H2,1H3,(H,17,18). The van der Waals surface area contributed by atoms with Crippen LogP contribution in [0.3, 0.4) is 0 Å². The van der Waals surface area contributed by atoms with E-state index >= 15 is 0 Å². The Balaban J connectivity index is 1.95. The van der Waals surface area contributed by atoms with Gasteiger partial charge < -0.3 is 5.32 Å². The van der Waals surface area contributed by atoms with E-state index in [-0.39, 0.29) is 0 Å². The molecular weight excluding hydrogens is 224 g/mol. The summed E-state index contributed by atoms with van der Waals surface area (Å²) in [5.74, 6) is 0.751. The molecule has 4 heteroatoms. The Bertz CT molecular complexity index is 558. The third-order valence-corrected chi connectivity index (χ3v) is 2.55. The van der Waals surface area contributed by atoms with Crippen LogP contribution >= 0.6 is 0 Å². The molecule has 0 unspecified atom stereocenters. The van der Waals surface area contributed by atoms with Crippen molar-refractivity contribution in [1.29, 1.82) is 5.26 Å². The molecule has 2 heterocycles. The van der Waals surface area contributed by atoms with Crippen molar-refractivity contribution in [2.24, 2.45) is 0 Å². The first-order valence-corrected chi connectivity index (χ1v) is 5.79. The second kappa shape index (κ2) is 5.78. The van der Waals surface area contributed by atoms with E-state index in [1.807, 2.05) is 19.1 Å². The van der Waals surface area contributed by atoms with Crippen molar-refractivity contribution in [3.8, 4) is 6.07 Å². The van der Waals surface area contributed by atoms with Crippen LogP contribution < -0.4 is 5.32 Å². The molecule has 0 spiro atoms. The molecule has 0 aliphatic carbocycles. The molecule has 0 saturated heterocycles. The summed E-state index contributed by atoms with van der Waals surface area (Å²) in [6, 6.07) is 9.65. The van der Waals surface area contributed by atoms with Crippen molar-refractivity contribution in [2.45, 2.75) is 13.3 Å². The lowest BCUT2D eigenvalue weighted by Crippen LogP contribution is -2.07. The highest BCUT2D eigenvalue weighted by Gasteiger charge is 1.99. The maximum absolute atomic E-state index is 8.88. The molecule has 0 fully saturated rings. The number of aromatic nitrogens is 2. The van der Waals surface area contributed by atoms with Gasteiger partial charge in [-0.3, -0.25) is 4.98 Å². The predicted molar refractivity (Wildman–Crippen MR) is 70.1 cm³/mol. The number of aryl methyl sites for hydroxylation is 1. The predicted octanol–water partition coefficient (Wildman–Crippen LogP) is 2.31. The summed E-state index contributed by atoms with van der Waals surface area (Å²) in [6.07, 6.45) is 4.47. The lowest BCUT2D eigenvalue weighted by atomic mass is 10.2. The van der Waals surface area contributed by atoms with E-state index in [9.17, 15) is 0 Å². The van der Waals surface area contributed by atoms with E-state index in [0.29, 0.717) is 5.56 Å². The molecule has 1 N–H and O–H groups in total. The van der Waals surface area contributed by atoms with Crippen LogP contribution in [0.15, 0.2) is 36.7 Å². The molecular formula is C14H14N4. The van der Waals surface area contributed by atoms with Gasteiger partial charge in [0.2, 0.25) is 0 Å². The van der Waals surface area contributed by atoms with Crippen LogP contribution in [-0.2, 0) is 6.42 Å². The minimum Gasteiger partial charge on any atom is -0.370 e. The minimum absolute atomic E-state index is 0.633. The Morgan fingerprint density at radius 2 is 2.06 bits per heavy atom. The fraction of sp³-hybridized carbons (Fsp3) is 0.214. The average Bonchev–Trinajstić information content (AvgIpc) is 2.39. The van der Waals surface area contributed by atoms with Gasteiger partial charge in [0.1, 0.15) is 5.82 Å². The van der Waals surface area contributed by atoms with E-state index in [1.54, 1.807) is 24.5 Å². The van der Waals surface area contributed by atoms with E-state index in [4.69, 9.17) is 5.26 Å². The molecule has 0 aromatic carbocycles. The van der Waals surface area contributed by atoms with Crippen molar-refractivity contribution in [2.75, 3.05) is 11.9 Å².